The van der Waals surface area contributed by atoms with Crippen LogP contribution >= 0.6 is 0 Å². The van der Waals surface area contributed by atoms with E-state index in [-0.39, 0.29) is 24.9 Å². The molecule has 8 heteroatoms. The van der Waals surface area contributed by atoms with Crippen LogP contribution in [0.5, 0.6) is 0 Å². The number of aliphatic hydroxyl groups is 1. The zero-order valence-electron chi connectivity index (χ0n) is 11.2. The summed E-state index contributed by atoms with van der Waals surface area (Å²) in [6.45, 7) is 0.126. The van der Waals surface area contributed by atoms with Crippen LogP contribution in [0, 0.1) is 0 Å². The van der Waals surface area contributed by atoms with Crippen molar-refractivity contribution in [3.63, 3.8) is 0 Å². The summed E-state index contributed by atoms with van der Waals surface area (Å²) in [6, 6.07) is -0.313. The minimum atomic E-state index is -1.08. The van der Waals surface area contributed by atoms with Crippen LogP contribution in [0.2, 0.25) is 0 Å². The molecule has 2 rings (SSSR count). The Morgan fingerprint density at radius 1 is 1.55 bits per heavy atom. The van der Waals surface area contributed by atoms with Gasteiger partial charge in [-0.3, -0.25) is 0 Å². The number of nitrogens with one attached hydrogen (secondary N) is 2. The molecule has 1 saturated carbocycles. The van der Waals surface area contributed by atoms with Crippen LogP contribution in [0.15, 0.2) is 6.20 Å². The summed E-state index contributed by atoms with van der Waals surface area (Å²) in [5.41, 5.74) is -0.627. The number of amides is 2. The molecule has 1 aliphatic rings. The minimum absolute atomic E-state index is 0.00392. The molecular weight excluding hydrogens is 264 g/mol. The molecule has 0 atom stereocenters. The van der Waals surface area contributed by atoms with Crippen molar-refractivity contribution in [3.05, 3.63) is 17.7 Å². The van der Waals surface area contributed by atoms with E-state index in [9.17, 15) is 9.59 Å². The third-order valence-electron chi connectivity index (χ3n) is 3.59. The molecule has 20 heavy (non-hydrogen) atoms. The summed E-state index contributed by atoms with van der Waals surface area (Å²) >= 11 is 0. The van der Waals surface area contributed by atoms with E-state index in [2.05, 4.69) is 15.3 Å². The molecule has 110 valence electrons. The number of hydrogen-bond acceptors (Lipinski definition) is 4. The number of H-pyrrole nitrogens is 1. The fourth-order valence-electron chi connectivity index (χ4n) is 2.18. The lowest BCUT2D eigenvalue weighted by Gasteiger charge is -2.41. The fraction of sp³-hybridized carbons (Fsp3) is 0.583. The van der Waals surface area contributed by atoms with Gasteiger partial charge in [-0.15, -0.1) is 0 Å². The monoisotopic (exact) mass is 282 g/mol. The molecule has 1 aliphatic carbocycles. The van der Waals surface area contributed by atoms with E-state index < -0.39 is 11.5 Å². The number of aromatic carboxylic acids is 1. The van der Waals surface area contributed by atoms with Crippen LogP contribution < -0.4 is 5.32 Å². The first-order chi connectivity index (χ1) is 9.48. The highest BCUT2D eigenvalue weighted by atomic mass is 16.4. The summed E-state index contributed by atoms with van der Waals surface area (Å²) in [4.78, 5) is 31.1. The lowest BCUT2D eigenvalue weighted by molar-refractivity contribution is 0.0690. The molecule has 1 heterocycles. The highest BCUT2D eigenvalue weighted by Gasteiger charge is 2.43. The number of nitrogens with zero attached hydrogens (tertiary/aromatic N) is 2. The van der Waals surface area contributed by atoms with Gasteiger partial charge in [-0.1, -0.05) is 0 Å². The van der Waals surface area contributed by atoms with Gasteiger partial charge in [-0.25, -0.2) is 14.6 Å². The molecule has 0 unspecified atom stereocenters. The van der Waals surface area contributed by atoms with E-state index >= 15 is 0 Å². The standard InChI is InChI=1S/C12H18N4O4/c1-16(5-6-17)11(20)15-12(3-2-4-12)10-13-7-8(14-10)9(18)19/h7,17H,2-6H2,1H3,(H,13,14)(H,15,20)(H,18,19). The number of hydrogen-bond donors (Lipinski definition) is 4. The summed E-state index contributed by atoms with van der Waals surface area (Å²) < 4.78 is 0. The maximum absolute atomic E-state index is 12.0. The Bertz CT molecular complexity index is 509. The van der Waals surface area contributed by atoms with Gasteiger partial charge in [0.05, 0.1) is 18.3 Å². The van der Waals surface area contributed by atoms with E-state index in [4.69, 9.17) is 10.2 Å². The van der Waals surface area contributed by atoms with Crippen molar-refractivity contribution in [2.75, 3.05) is 20.2 Å². The number of aliphatic hydroxyl groups excluding tert-OH is 1. The molecule has 2 amide bonds. The first-order valence-corrected chi connectivity index (χ1v) is 6.41. The van der Waals surface area contributed by atoms with Gasteiger partial charge < -0.3 is 25.4 Å². The maximum Gasteiger partial charge on any atom is 0.353 e. The summed E-state index contributed by atoms with van der Waals surface area (Å²) in [7, 11) is 1.59. The third-order valence-corrected chi connectivity index (χ3v) is 3.59. The first kappa shape index (κ1) is 14.3. The molecule has 0 aromatic carbocycles. The Labute approximate surface area is 115 Å². The van der Waals surface area contributed by atoms with Gasteiger partial charge in [-0.2, -0.15) is 0 Å². The van der Waals surface area contributed by atoms with Crippen LogP contribution in [0.4, 0.5) is 4.79 Å². The smallest absolute Gasteiger partial charge is 0.353 e. The highest BCUT2D eigenvalue weighted by molar-refractivity contribution is 5.85. The Morgan fingerprint density at radius 3 is 2.70 bits per heavy atom. The number of carboxylic acid groups (broad SMARTS) is 1. The Kier molecular flexibility index (Phi) is 3.93. The van der Waals surface area contributed by atoms with Gasteiger partial charge in [0.15, 0.2) is 0 Å². The average molecular weight is 282 g/mol. The van der Waals surface area contributed by atoms with Gasteiger partial charge in [0.2, 0.25) is 0 Å². The van der Waals surface area contributed by atoms with Gasteiger partial charge in [0.25, 0.3) is 0 Å². The molecule has 0 saturated heterocycles. The predicted molar refractivity (Wildman–Crippen MR) is 69.3 cm³/mol. The second-order valence-electron chi connectivity index (χ2n) is 4.96. The van der Waals surface area contributed by atoms with Crippen LogP contribution in [-0.4, -0.2) is 57.3 Å². The molecule has 8 nitrogen and oxygen atoms in total. The van der Waals surface area contributed by atoms with Crippen molar-refractivity contribution >= 4 is 12.0 Å². The molecule has 0 aliphatic heterocycles. The van der Waals surface area contributed by atoms with Crippen molar-refractivity contribution < 1.29 is 19.8 Å². The normalized spacial score (nSPS) is 16.3. The minimum Gasteiger partial charge on any atom is -0.477 e. The van der Waals surface area contributed by atoms with E-state index in [1.165, 1.54) is 11.1 Å². The fourth-order valence-corrected chi connectivity index (χ4v) is 2.18. The van der Waals surface area contributed by atoms with E-state index in [0.717, 1.165) is 6.42 Å². The Hall–Kier alpha value is -2.09. The second kappa shape index (κ2) is 5.49. The average Bonchev–Trinajstić information content (AvgIpc) is 2.83. The lowest BCUT2D eigenvalue weighted by atomic mass is 9.76. The molecule has 1 aromatic heterocycles. The van der Waals surface area contributed by atoms with Gasteiger partial charge >= 0.3 is 12.0 Å². The highest BCUT2D eigenvalue weighted by Crippen LogP contribution is 2.39. The molecule has 4 N–H and O–H groups in total. The van der Waals surface area contributed by atoms with Crippen molar-refractivity contribution in [1.29, 1.82) is 0 Å². The quantitative estimate of drug-likeness (QED) is 0.611. The zero-order chi connectivity index (χ0) is 14.8. The SMILES string of the molecule is CN(CCO)C(=O)NC1(c2ncc(C(=O)O)[nH]2)CCC1. The maximum atomic E-state index is 12.0. The summed E-state index contributed by atoms with van der Waals surface area (Å²) in [6.07, 6.45) is 3.60. The lowest BCUT2D eigenvalue weighted by Crippen LogP contribution is -2.55. The Balaban J connectivity index is 2.12. The van der Waals surface area contributed by atoms with Crippen LogP contribution in [0.25, 0.3) is 0 Å². The largest absolute Gasteiger partial charge is 0.477 e. The number of aromatic amines is 1. The molecule has 0 bridgehead atoms. The van der Waals surface area contributed by atoms with Gasteiger partial charge in [0, 0.05) is 13.6 Å². The zero-order valence-corrected chi connectivity index (χ0v) is 11.2. The van der Waals surface area contributed by atoms with Crippen molar-refractivity contribution in [2.24, 2.45) is 0 Å². The molecule has 0 spiro atoms. The number of rotatable bonds is 5. The number of urea groups is 1. The number of likely N-dealkylation sites (N-methyl/N-ethyl adjacent to an activating group) is 1. The van der Waals surface area contributed by atoms with Crippen LogP contribution in [-0.2, 0) is 5.54 Å². The number of carbonyl (C=O) groups excluding carboxylic acids is 1. The van der Waals surface area contributed by atoms with E-state index in [0.29, 0.717) is 18.7 Å². The van der Waals surface area contributed by atoms with E-state index in [1.54, 1.807) is 7.05 Å². The second-order valence-corrected chi connectivity index (χ2v) is 4.96. The topological polar surface area (TPSA) is 119 Å². The van der Waals surface area contributed by atoms with Crippen molar-refractivity contribution in [3.8, 4) is 0 Å². The summed E-state index contributed by atoms with van der Waals surface area (Å²) in [5.74, 6) is -0.617. The third kappa shape index (κ3) is 2.60. The molecule has 1 aromatic rings. The summed E-state index contributed by atoms with van der Waals surface area (Å²) in [5, 5.41) is 20.6. The Morgan fingerprint density at radius 2 is 2.25 bits per heavy atom. The van der Waals surface area contributed by atoms with Crippen molar-refractivity contribution in [2.45, 2.75) is 24.8 Å². The van der Waals surface area contributed by atoms with Crippen molar-refractivity contribution in [1.82, 2.24) is 20.2 Å². The molecular formula is C12H18N4O4. The van der Waals surface area contributed by atoms with Gasteiger partial charge in [-0.05, 0) is 19.3 Å². The molecule has 1 fully saturated rings. The predicted octanol–water partition coefficient (Wildman–Crippen LogP) is 0.121. The number of aromatic nitrogens is 2. The number of carbonyl (C=O) groups is 2. The number of carboxylic acids is 1. The van der Waals surface area contributed by atoms with Crippen LogP contribution in [0.1, 0.15) is 35.6 Å². The first-order valence-electron chi connectivity index (χ1n) is 6.41. The number of imidazole rings is 1. The molecule has 0 radical (unpaired) electrons. The van der Waals surface area contributed by atoms with E-state index in [1.807, 2.05) is 0 Å². The van der Waals surface area contributed by atoms with Crippen LogP contribution in [0.3, 0.4) is 0 Å². The van der Waals surface area contributed by atoms with Gasteiger partial charge in [0.1, 0.15) is 11.5 Å².